The van der Waals surface area contributed by atoms with Crippen molar-refractivity contribution in [2.45, 2.75) is 6.61 Å². The third-order valence-electron chi connectivity index (χ3n) is 3.63. The number of aromatic nitrogens is 1. The molecular weight excluding hydrogens is 409 g/mol. The molecule has 0 fully saturated rings. The van der Waals surface area contributed by atoms with Crippen LogP contribution in [0.4, 0.5) is 0 Å². The van der Waals surface area contributed by atoms with Gasteiger partial charge in [-0.2, -0.15) is 0 Å². The van der Waals surface area contributed by atoms with Crippen LogP contribution in [-0.2, 0) is 11.3 Å². The zero-order chi connectivity index (χ0) is 19.4. The molecule has 0 amide bonds. The van der Waals surface area contributed by atoms with E-state index in [-0.39, 0.29) is 12.2 Å². The number of carbonyl (C=O) groups excluding carboxylic acids is 1. The highest BCUT2D eigenvalue weighted by atomic mass is 35.5. The molecule has 0 radical (unpaired) electrons. The first-order chi connectivity index (χ1) is 13.0. The summed E-state index contributed by atoms with van der Waals surface area (Å²) in [4.78, 5) is 16.7. The smallest absolute Gasteiger partial charge is 0.338 e. The fourth-order valence-corrected chi connectivity index (χ4v) is 3.80. The fraction of sp³-hybridized carbons (Fsp3) is 0.158. The Balaban J connectivity index is 1.74. The van der Waals surface area contributed by atoms with Crippen molar-refractivity contribution < 1.29 is 19.0 Å². The summed E-state index contributed by atoms with van der Waals surface area (Å²) in [5, 5.41) is 3.31. The lowest BCUT2D eigenvalue weighted by molar-refractivity contribution is 0.0468. The lowest BCUT2D eigenvalue weighted by Crippen LogP contribution is -2.05. The van der Waals surface area contributed by atoms with Crippen molar-refractivity contribution in [3.05, 3.63) is 63.1 Å². The number of esters is 1. The van der Waals surface area contributed by atoms with E-state index in [9.17, 15) is 4.79 Å². The minimum atomic E-state index is -0.520. The first-order valence-corrected chi connectivity index (χ1v) is 9.44. The molecular formula is C19H15Cl2NO4S. The monoisotopic (exact) mass is 423 g/mol. The summed E-state index contributed by atoms with van der Waals surface area (Å²) in [6.45, 7) is 0.0335. The molecule has 0 N–H and O–H groups in total. The van der Waals surface area contributed by atoms with E-state index in [0.717, 1.165) is 10.6 Å². The van der Waals surface area contributed by atoms with Crippen LogP contribution < -0.4 is 9.47 Å². The Kier molecular flexibility index (Phi) is 6.21. The van der Waals surface area contributed by atoms with E-state index in [2.05, 4.69) is 4.98 Å². The first kappa shape index (κ1) is 19.5. The molecule has 8 heteroatoms. The number of nitrogens with zero attached hydrogens (tertiary/aromatic N) is 1. The lowest BCUT2D eigenvalue weighted by atomic mass is 10.2. The summed E-state index contributed by atoms with van der Waals surface area (Å²) in [6, 6.07) is 10.1. The summed E-state index contributed by atoms with van der Waals surface area (Å²) in [7, 11) is 3.16. The third-order valence-corrected chi connectivity index (χ3v) is 5.00. The lowest BCUT2D eigenvalue weighted by Gasteiger charge is -2.10. The number of methoxy groups -OCH3 is 2. The maximum absolute atomic E-state index is 12.2. The number of halogens is 2. The number of benzene rings is 2. The van der Waals surface area contributed by atoms with Crippen LogP contribution in [0.15, 0.2) is 41.8 Å². The van der Waals surface area contributed by atoms with Crippen LogP contribution in [0.3, 0.4) is 0 Å². The molecule has 140 valence electrons. The van der Waals surface area contributed by atoms with Crippen LogP contribution in [0.25, 0.3) is 10.6 Å². The maximum Gasteiger partial charge on any atom is 0.338 e. The predicted molar refractivity (Wildman–Crippen MR) is 106 cm³/mol. The van der Waals surface area contributed by atoms with Gasteiger partial charge in [0.1, 0.15) is 11.6 Å². The van der Waals surface area contributed by atoms with Gasteiger partial charge in [-0.05, 0) is 30.3 Å². The average Bonchev–Trinajstić information content (AvgIpc) is 3.13. The molecule has 0 unspecified atom stereocenters. The first-order valence-electron chi connectivity index (χ1n) is 7.80. The molecule has 0 saturated heterocycles. The molecule has 0 aliphatic carbocycles. The van der Waals surface area contributed by atoms with E-state index in [1.165, 1.54) is 23.5 Å². The standard InChI is InChI=1S/C19H15Cl2NO4S/c1-24-16-5-3-4-15(17(16)25-2)18-22-14(10-27-18)9-26-19(23)11-6-12(20)8-13(21)7-11/h3-8,10H,9H2,1-2H3. The Morgan fingerprint density at radius 1 is 1.11 bits per heavy atom. The number of hydrogen-bond acceptors (Lipinski definition) is 6. The minimum absolute atomic E-state index is 0.0335. The van der Waals surface area contributed by atoms with Gasteiger partial charge in [0.2, 0.25) is 0 Å². The quantitative estimate of drug-likeness (QED) is 0.490. The van der Waals surface area contributed by atoms with Crippen molar-refractivity contribution in [1.29, 1.82) is 0 Å². The van der Waals surface area contributed by atoms with Crippen molar-refractivity contribution in [2.75, 3.05) is 14.2 Å². The van der Waals surface area contributed by atoms with Crippen molar-refractivity contribution >= 4 is 40.5 Å². The summed E-state index contributed by atoms with van der Waals surface area (Å²) < 4.78 is 16.1. The van der Waals surface area contributed by atoms with E-state index in [0.29, 0.717) is 27.2 Å². The fourth-order valence-electron chi connectivity index (χ4n) is 2.45. The Bertz CT molecular complexity index is 954. The molecule has 0 atom stereocenters. The number of carbonyl (C=O) groups is 1. The molecule has 0 saturated carbocycles. The van der Waals surface area contributed by atoms with E-state index in [1.54, 1.807) is 20.3 Å². The zero-order valence-electron chi connectivity index (χ0n) is 14.5. The van der Waals surface area contributed by atoms with Gasteiger partial charge in [0, 0.05) is 15.4 Å². The van der Waals surface area contributed by atoms with Crippen molar-refractivity contribution in [3.63, 3.8) is 0 Å². The number of thiazole rings is 1. The molecule has 3 aromatic rings. The summed E-state index contributed by atoms with van der Waals surface area (Å²) in [5.41, 5.74) is 1.72. The number of hydrogen-bond donors (Lipinski definition) is 0. The SMILES string of the molecule is COc1cccc(-c2nc(COC(=O)c3cc(Cl)cc(Cl)c3)cs2)c1OC. The highest BCUT2D eigenvalue weighted by Gasteiger charge is 2.16. The van der Waals surface area contributed by atoms with Crippen LogP contribution in [0.1, 0.15) is 16.1 Å². The highest BCUT2D eigenvalue weighted by Crippen LogP contribution is 2.39. The maximum atomic E-state index is 12.2. The van der Waals surface area contributed by atoms with Gasteiger partial charge in [-0.25, -0.2) is 9.78 Å². The van der Waals surface area contributed by atoms with E-state index in [1.807, 2.05) is 23.6 Å². The van der Waals surface area contributed by atoms with Gasteiger partial charge in [-0.3, -0.25) is 0 Å². The Labute approximate surface area is 170 Å². The Hall–Kier alpha value is -2.28. The van der Waals surface area contributed by atoms with Gasteiger partial charge < -0.3 is 14.2 Å². The molecule has 0 bridgehead atoms. The summed E-state index contributed by atoms with van der Waals surface area (Å²) in [6.07, 6.45) is 0. The number of rotatable bonds is 6. The van der Waals surface area contributed by atoms with Gasteiger partial charge in [0.15, 0.2) is 11.5 Å². The number of para-hydroxylation sites is 1. The molecule has 0 aliphatic heterocycles. The predicted octanol–water partition coefficient (Wildman–Crippen LogP) is 5.49. The Morgan fingerprint density at radius 3 is 2.52 bits per heavy atom. The van der Waals surface area contributed by atoms with Crippen LogP contribution >= 0.6 is 34.5 Å². The normalized spacial score (nSPS) is 10.5. The third kappa shape index (κ3) is 4.53. The van der Waals surface area contributed by atoms with Crippen LogP contribution in [-0.4, -0.2) is 25.2 Å². The molecule has 1 heterocycles. The van der Waals surface area contributed by atoms with Crippen LogP contribution in [0.2, 0.25) is 10.0 Å². The molecule has 5 nitrogen and oxygen atoms in total. The minimum Gasteiger partial charge on any atom is -0.493 e. The van der Waals surface area contributed by atoms with Gasteiger partial charge in [-0.1, -0.05) is 29.3 Å². The highest BCUT2D eigenvalue weighted by molar-refractivity contribution is 7.13. The van der Waals surface area contributed by atoms with E-state index >= 15 is 0 Å². The summed E-state index contributed by atoms with van der Waals surface area (Å²) >= 11 is 13.2. The van der Waals surface area contributed by atoms with Crippen molar-refractivity contribution in [2.24, 2.45) is 0 Å². The second-order valence-electron chi connectivity index (χ2n) is 5.42. The largest absolute Gasteiger partial charge is 0.493 e. The molecule has 27 heavy (non-hydrogen) atoms. The zero-order valence-corrected chi connectivity index (χ0v) is 16.8. The second-order valence-corrected chi connectivity index (χ2v) is 7.15. The van der Waals surface area contributed by atoms with Crippen molar-refractivity contribution in [3.8, 4) is 22.1 Å². The Morgan fingerprint density at radius 2 is 1.85 bits per heavy atom. The van der Waals surface area contributed by atoms with Gasteiger partial charge >= 0.3 is 5.97 Å². The van der Waals surface area contributed by atoms with Crippen LogP contribution in [0.5, 0.6) is 11.5 Å². The topological polar surface area (TPSA) is 57.7 Å². The second kappa shape index (κ2) is 8.61. The van der Waals surface area contributed by atoms with E-state index < -0.39 is 5.97 Å². The van der Waals surface area contributed by atoms with Gasteiger partial charge in [0.05, 0.1) is 31.0 Å². The molecule has 3 rings (SSSR count). The van der Waals surface area contributed by atoms with Gasteiger partial charge in [0.25, 0.3) is 0 Å². The van der Waals surface area contributed by atoms with Crippen LogP contribution in [0, 0.1) is 0 Å². The average molecular weight is 424 g/mol. The van der Waals surface area contributed by atoms with E-state index in [4.69, 9.17) is 37.4 Å². The molecule has 1 aromatic heterocycles. The number of ether oxygens (including phenoxy) is 3. The summed E-state index contributed by atoms with van der Waals surface area (Å²) in [5.74, 6) is 0.704. The molecule has 0 spiro atoms. The van der Waals surface area contributed by atoms with Crippen molar-refractivity contribution in [1.82, 2.24) is 4.98 Å². The molecule has 2 aromatic carbocycles. The van der Waals surface area contributed by atoms with Gasteiger partial charge in [-0.15, -0.1) is 11.3 Å². The molecule has 0 aliphatic rings.